The number of nitrogens with zero attached hydrogens (tertiary/aromatic N) is 2. The van der Waals surface area contributed by atoms with Crippen molar-refractivity contribution in [3.05, 3.63) is 15.8 Å². The molecule has 1 aliphatic rings. The van der Waals surface area contributed by atoms with Gasteiger partial charge in [0.05, 0.1) is 10.4 Å². The van der Waals surface area contributed by atoms with Crippen LogP contribution < -0.4 is 5.73 Å². The van der Waals surface area contributed by atoms with E-state index in [0.29, 0.717) is 31.1 Å². The molecule has 1 aromatic heterocycles. The Morgan fingerprint density at radius 3 is 2.18 bits per heavy atom. The van der Waals surface area contributed by atoms with Crippen LogP contribution in [0.2, 0.25) is 0 Å². The topological polar surface area (TPSA) is 83.7 Å². The van der Waals surface area contributed by atoms with Crippen molar-refractivity contribution >= 4 is 27.3 Å². The maximum atomic E-state index is 12.7. The second-order valence-electron chi connectivity index (χ2n) is 6.20. The summed E-state index contributed by atoms with van der Waals surface area (Å²) < 4.78 is 26.9. The van der Waals surface area contributed by atoms with Crippen molar-refractivity contribution in [3.63, 3.8) is 0 Å². The summed E-state index contributed by atoms with van der Waals surface area (Å²) in [5.41, 5.74) is 4.89. The van der Waals surface area contributed by atoms with Crippen molar-refractivity contribution in [2.75, 3.05) is 26.2 Å². The average Bonchev–Trinajstić information content (AvgIpc) is 2.76. The molecule has 2 N–H and O–H groups in total. The first kappa shape index (κ1) is 17.4. The van der Waals surface area contributed by atoms with E-state index in [1.807, 2.05) is 13.8 Å². The van der Waals surface area contributed by atoms with Crippen LogP contribution in [-0.2, 0) is 14.8 Å². The Bertz CT molecular complexity index is 666. The van der Waals surface area contributed by atoms with E-state index >= 15 is 0 Å². The number of amides is 1. The number of hydrogen-bond acceptors (Lipinski definition) is 5. The molecule has 2 heterocycles. The zero-order valence-corrected chi connectivity index (χ0v) is 15.1. The van der Waals surface area contributed by atoms with Crippen LogP contribution in [0.3, 0.4) is 0 Å². The standard InChI is InChI=1S/C14H23N3O3S2/c1-10-9-12(11(2)21-10)22(19,20)17-7-5-16(6-8-17)13(18)14(3,4)15/h9H,5-8,15H2,1-4H3. The van der Waals surface area contributed by atoms with Gasteiger partial charge in [-0.2, -0.15) is 4.31 Å². The molecule has 0 aromatic carbocycles. The molecule has 8 heteroatoms. The first-order valence-corrected chi connectivity index (χ1v) is 9.44. The molecular formula is C14H23N3O3S2. The fourth-order valence-electron chi connectivity index (χ4n) is 2.54. The number of nitrogens with two attached hydrogens (primary N) is 1. The summed E-state index contributed by atoms with van der Waals surface area (Å²) in [6.07, 6.45) is 0. The van der Waals surface area contributed by atoms with E-state index < -0.39 is 15.6 Å². The second kappa shape index (κ2) is 5.92. The number of aryl methyl sites for hydroxylation is 2. The Balaban J connectivity index is 2.12. The number of sulfonamides is 1. The fourth-order valence-corrected chi connectivity index (χ4v) is 5.49. The molecule has 22 heavy (non-hydrogen) atoms. The van der Waals surface area contributed by atoms with Crippen LogP contribution in [0.25, 0.3) is 0 Å². The van der Waals surface area contributed by atoms with Crippen molar-refractivity contribution < 1.29 is 13.2 Å². The van der Waals surface area contributed by atoms with Crippen LogP contribution in [0.15, 0.2) is 11.0 Å². The lowest BCUT2D eigenvalue weighted by molar-refractivity contribution is -0.137. The second-order valence-corrected chi connectivity index (χ2v) is 9.56. The molecule has 0 aliphatic carbocycles. The SMILES string of the molecule is Cc1cc(S(=O)(=O)N2CCN(C(=O)C(C)(C)N)CC2)c(C)s1. The normalized spacial score (nSPS) is 17.8. The van der Waals surface area contributed by atoms with Gasteiger partial charge in [-0.3, -0.25) is 4.79 Å². The minimum Gasteiger partial charge on any atom is -0.338 e. The lowest BCUT2D eigenvalue weighted by Crippen LogP contribution is -2.57. The fraction of sp³-hybridized carbons (Fsp3) is 0.643. The zero-order valence-electron chi connectivity index (χ0n) is 13.4. The molecule has 0 bridgehead atoms. The van der Waals surface area contributed by atoms with Crippen molar-refractivity contribution in [2.45, 2.75) is 38.1 Å². The highest BCUT2D eigenvalue weighted by Gasteiger charge is 2.34. The van der Waals surface area contributed by atoms with Crippen LogP contribution in [0, 0.1) is 13.8 Å². The minimum atomic E-state index is -3.48. The summed E-state index contributed by atoms with van der Waals surface area (Å²) in [4.78, 5) is 15.9. The number of carbonyl (C=O) groups is 1. The number of rotatable bonds is 3. The van der Waals surface area contributed by atoms with Gasteiger partial charge >= 0.3 is 0 Å². The first-order chi connectivity index (χ1) is 10.0. The van der Waals surface area contributed by atoms with Gasteiger partial charge in [-0.15, -0.1) is 11.3 Å². The molecule has 1 aliphatic heterocycles. The first-order valence-electron chi connectivity index (χ1n) is 7.19. The van der Waals surface area contributed by atoms with E-state index in [0.717, 1.165) is 9.75 Å². The lowest BCUT2D eigenvalue weighted by atomic mass is 10.1. The Morgan fingerprint density at radius 1 is 1.23 bits per heavy atom. The Morgan fingerprint density at radius 2 is 1.77 bits per heavy atom. The Labute approximate surface area is 135 Å². The average molecular weight is 345 g/mol. The van der Waals surface area contributed by atoms with Crippen molar-refractivity contribution in [1.82, 2.24) is 9.21 Å². The number of carbonyl (C=O) groups excluding carboxylic acids is 1. The Hall–Kier alpha value is -0.960. The molecule has 6 nitrogen and oxygen atoms in total. The smallest absolute Gasteiger partial charge is 0.244 e. The quantitative estimate of drug-likeness (QED) is 0.883. The van der Waals surface area contributed by atoms with Crippen molar-refractivity contribution in [3.8, 4) is 0 Å². The number of piperazine rings is 1. The van der Waals surface area contributed by atoms with Crippen LogP contribution in [0.5, 0.6) is 0 Å². The summed E-state index contributed by atoms with van der Waals surface area (Å²) in [5.74, 6) is -0.146. The molecule has 1 saturated heterocycles. The third-order valence-electron chi connectivity index (χ3n) is 3.69. The highest BCUT2D eigenvalue weighted by atomic mass is 32.2. The van der Waals surface area contributed by atoms with Gasteiger partial charge < -0.3 is 10.6 Å². The summed E-state index contributed by atoms with van der Waals surface area (Å²) >= 11 is 1.48. The van der Waals surface area contributed by atoms with E-state index in [4.69, 9.17) is 5.73 Å². The van der Waals surface area contributed by atoms with E-state index in [2.05, 4.69) is 0 Å². The third-order valence-corrected chi connectivity index (χ3v) is 6.81. The maximum Gasteiger partial charge on any atom is 0.244 e. The molecule has 1 aromatic rings. The van der Waals surface area contributed by atoms with Gasteiger partial charge in [-0.05, 0) is 33.8 Å². The number of hydrogen-bond donors (Lipinski definition) is 1. The van der Waals surface area contributed by atoms with Crippen LogP contribution in [0.4, 0.5) is 0 Å². The van der Waals surface area contributed by atoms with Crippen LogP contribution in [0.1, 0.15) is 23.6 Å². The van der Waals surface area contributed by atoms with Crippen molar-refractivity contribution in [2.24, 2.45) is 5.73 Å². The molecule has 0 unspecified atom stereocenters. The molecule has 0 spiro atoms. The van der Waals surface area contributed by atoms with Gasteiger partial charge in [0.25, 0.3) is 0 Å². The summed E-state index contributed by atoms with van der Waals surface area (Å²) in [5, 5.41) is 0. The summed E-state index contributed by atoms with van der Waals surface area (Å²) in [7, 11) is -3.48. The van der Waals surface area contributed by atoms with E-state index in [9.17, 15) is 13.2 Å². The van der Waals surface area contributed by atoms with Gasteiger partial charge in [-0.25, -0.2) is 8.42 Å². The summed E-state index contributed by atoms with van der Waals surface area (Å²) in [6.45, 7) is 8.41. The lowest BCUT2D eigenvalue weighted by Gasteiger charge is -2.36. The van der Waals surface area contributed by atoms with Crippen LogP contribution >= 0.6 is 11.3 Å². The molecular weight excluding hydrogens is 322 g/mol. The molecule has 0 radical (unpaired) electrons. The minimum absolute atomic E-state index is 0.146. The third kappa shape index (κ3) is 3.34. The zero-order chi connectivity index (χ0) is 16.7. The Kier molecular flexibility index (Phi) is 4.68. The van der Waals surface area contributed by atoms with E-state index in [1.54, 1.807) is 24.8 Å². The van der Waals surface area contributed by atoms with Gasteiger partial charge in [0, 0.05) is 35.9 Å². The van der Waals surface area contributed by atoms with Gasteiger partial charge in [0.15, 0.2) is 0 Å². The highest BCUT2D eigenvalue weighted by molar-refractivity contribution is 7.89. The molecule has 2 rings (SSSR count). The highest BCUT2D eigenvalue weighted by Crippen LogP contribution is 2.28. The van der Waals surface area contributed by atoms with Gasteiger partial charge in [0.2, 0.25) is 15.9 Å². The van der Waals surface area contributed by atoms with E-state index in [-0.39, 0.29) is 5.91 Å². The van der Waals surface area contributed by atoms with Gasteiger partial charge in [0.1, 0.15) is 0 Å². The molecule has 124 valence electrons. The predicted molar refractivity (Wildman–Crippen MR) is 87.4 cm³/mol. The molecule has 1 amide bonds. The summed E-state index contributed by atoms with van der Waals surface area (Å²) in [6, 6.07) is 1.72. The molecule has 0 saturated carbocycles. The largest absolute Gasteiger partial charge is 0.338 e. The van der Waals surface area contributed by atoms with Gasteiger partial charge in [-0.1, -0.05) is 0 Å². The maximum absolute atomic E-state index is 12.7. The monoisotopic (exact) mass is 345 g/mol. The predicted octanol–water partition coefficient (Wildman–Crippen LogP) is 0.935. The van der Waals surface area contributed by atoms with Crippen molar-refractivity contribution in [1.29, 1.82) is 0 Å². The van der Waals surface area contributed by atoms with E-state index in [1.165, 1.54) is 15.6 Å². The number of thiophene rings is 1. The van der Waals surface area contributed by atoms with Crippen LogP contribution in [-0.4, -0.2) is 55.2 Å². The molecule has 1 fully saturated rings. The molecule has 0 atom stereocenters.